The van der Waals surface area contributed by atoms with Crippen molar-refractivity contribution in [1.82, 2.24) is 10.2 Å². The van der Waals surface area contributed by atoms with Gasteiger partial charge in [-0.3, -0.25) is 4.79 Å². The molecule has 0 atom stereocenters. The van der Waals surface area contributed by atoms with E-state index in [2.05, 4.69) is 24.3 Å². The van der Waals surface area contributed by atoms with Crippen LogP contribution in [0.2, 0.25) is 0 Å². The molecule has 0 radical (unpaired) electrons. The van der Waals surface area contributed by atoms with Gasteiger partial charge < -0.3 is 16.0 Å². The van der Waals surface area contributed by atoms with Gasteiger partial charge in [-0.1, -0.05) is 31.4 Å². The van der Waals surface area contributed by atoms with Gasteiger partial charge in [0, 0.05) is 24.2 Å². The number of likely N-dealkylation sites (N-methyl/N-ethyl adjacent to an activating group) is 1. The third-order valence-electron chi connectivity index (χ3n) is 4.75. The second-order valence-corrected chi connectivity index (χ2v) is 6.34. The Morgan fingerprint density at radius 1 is 1.19 bits per heavy atom. The second kappa shape index (κ2) is 7.05. The number of nitrogens with one attached hydrogen (secondary N) is 1. The van der Waals surface area contributed by atoms with Crippen molar-refractivity contribution in [2.45, 2.75) is 44.2 Å². The number of primary amides is 1. The van der Waals surface area contributed by atoms with Crippen LogP contribution in [0.5, 0.6) is 0 Å². The van der Waals surface area contributed by atoms with Gasteiger partial charge >= 0.3 is 0 Å². The Morgan fingerprint density at radius 2 is 1.81 bits per heavy atom. The molecule has 1 aliphatic rings. The van der Waals surface area contributed by atoms with Crippen LogP contribution in [0.15, 0.2) is 24.3 Å². The van der Waals surface area contributed by atoms with Gasteiger partial charge in [-0.15, -0.1) is 0 Å². The van der Waals surface area contributed by atoms with E-state index >= 15 is 0 Å². The van der Waals surface area contributed by atoms with Gasteiger partial charge in [0.05, 0.1) is 0 Å². The summed E-state index contributed by atoms with van der Waals surface area (Å²) in [5.74, 6) is -0.372. The number of hydrogen-bond acceptors (Lipinski definition) is 3. The molecule has 2 rings (SSSR count). The summed E-state index contributed by atoms with van der Waals surface area (Å²) in [5, 5.41) is 3.58. The summed E-state index contributed by atoms with van der Waals surface area (Å²) >= 11 is 0. The zero-order valence-corrected chi connectivity index (χ0v) is 13.2. The van der Waals surface area contributed by atoms with Crippen molar-refractivity contribution >= 4 is 5.91 Å². The standard InChI is InChI=1S/C17H27N3O/c1-20(2)17(10-4-3-5-11-17)13-19-12-14-6-8-15(9-7-14)16(18)21/h6-9,19H,3-5,10-13H2,1-2H3,(H2,18,21). The molecule has 0 bridgehead atoms. The maximum absolute atomic E-state index is 11.1. The van der Waals surface area contributed by atoms with Crippen LogP contribution in [-0.2, 0) is 6.54 Å². The molecule has 0 aliphatic heterocycles. The molecule has 1 aromatic carbocycles. The molecule has 0 aromatic heterocycles. The Morgan fingerprint density at radius 3 is 2.33 bits per heavy atom. The quantitative estimate of drug-likeness (QED) is 0.843. The van der Waals surface area contributed by atoms with Gasteiger partial charge in [-0.2, -0.15) is 0 Å². The number of nitrogens with zero attached hydrogens (tertiary/aromatic N) is 1. The van der Waals surface area contributed by atoms with Gasteiger partial charge in [0.2, 0.25) is 5.91 Å². The Labute approximate surface area is 127 Å². The highest BCUT2D eigenvalue weighted by molar-refractivity contribution is 5.92. The number of nitrogens with two attached hydrogens (primary N) is 1. The van der Waals surface area contributed by atoms with E-state index in [0.717, 1.165) is 13.1 Å². The molecule has 1 saturated carbocycles. The lowest BCUT2D eigenvalue weighted by Crippen LogP contribution is -2.52. The van der Waals surface area contributed by atoms with Crippen molar-refractivity contribution in [3.8, 4) is 0 Å². The van der Waals surface area contributed by atoms with Gasteiger partial charge in [0.15, 0.2) is 0 Å². The van der Waals surface area contributed by atoms with Crippen molar-refractivity contribution in [1.29, 1.82) is 0 Å². The maximum atomic E-state index is 11.1. The Bertz CT molecular complexity index is 461. The van der Waals surface area contributed by atoms with E-state index in [1.807, 2.05) is 12.1 Å². The van der Waals surface area contributed by atoms with Crippen molar-refractivity contribution in [2.75, 3.05) is 20.6 Å². The molecule has 3 N–H and O–H groups in total. The molecule has 21 heavy (non-hydrogen) atoms. The van der Waals surface area contributed by atoms with Crippen LogP contribution in [0.1, 0.15) is 48.0 Å². The van der Waals surface area contributed by atoms with Crippen LogP contribution < -0.4 is 11.1 Å². The van der Waals surface area contributed by atoms with Crippen LogP contribution in [0.25, 0.3) is 0 Å². The lowest BCUT2D eigenvalue weighted by atomic mass is 9.80. The summed E-state index contributed by atoms with van der Waals surface area (Å²) in [6.45, 7) is 1.84. The first-order chi connectivity index (χ1) is 10.0. The van der Waals surface area contributed by atoms with Crippen molar-refractivity contribution < 1.29 is 4.79 Å². The summed E-state index contributed by atoms with van der Waals surface area (Å²) in [6.07, 6.45) is 6.56. The van der Waals surface area contributed by atoms with Crippen LogP contribution in [-0.4, -0.2) is 37.0 Å². The lowest BCUT2D eigenvalue weighted by Gasteiger charge is -2.43. The number of amides is 1. The largest absolute Gasteiger partial charge is 0.366 e. The molecule has 1 aromatic rings. The molecule has 0 unspecified atom stereocenters. The summed E-state index contributed by atoms with van der Waals surface area (Å²) in [4.78, 5) is 13.4. The molecular formula is C17H27N3O. The third-order valence-corrected chi connectivity index (χ3v) is 4.75. The number of rotatable bonds is 6. The minimum absolute atomic E-state index is 0.297. The molecule has 0 saturated heterocycles. The fourth-order valence-corrected chi connectivity index (χ4v) is 3.22. The van der Waals surface area contributed by atoms with Crippen LogP contribution in [0.3, 0.4) is 0 Å². The van der Waals surface area contributed by atoms with Gasteiger partial charge in [-0.05, 0) is 44.6 Å². The van der Waals surface area contributed by atoms with E-state index in [4.69, 9.17) is 5.73 Å². The summed E-state index contributed by atoms with van der Waals surface area (Å²) in [7, 11) is 4.38. The van der Waals surface area contributed by atoms with Gasteiger partial charge in [0.1, 0.15) is 0 Å². The second-order valence-electron chi connectivity index (χ2n) is 6.34. The topological polar surface area (TPSA) is 58.4 Å². The van der Waals surface area contributed by atoms with Gasteiger partial charge in [0.25, 0.3) is 0 Å². The molecule has 4 heteroatoms. The highest BCUT2D eigenvalue weighted by Crippen LogP contribution is 2.31. The Balaban J connectivity index is 1.88. The SMILES string of the molecule is CN(C)C1(CNCc2ccc(C(N)=O)cc2)CCCCC1. The van der Waals surface area contributed by atoms with Crippen LogP contribution in [0, 0.1) is 0 Å². The fourth-order valence-electron chi connectivity index (χ4n) is 3.22. The van der Waals surface area contributed by atoms with E-state index in [1.54, 1.807) is 12.1 Å². The Hall–Kier alpha value is -1.39. The summed E-state index contributed by atoms with van der Waals surface area (Å²) < 4.78 is 0. The monoisotopic (exact) mass is 289 g/mol. The molecule has 0 spiro atoms. The van der Waals surface area contributed by atoms with Crippen molar-refractivity contribution in [3.63, 3.8) is 0 Å². The molecule has 0 heterocycles. The first kappa shape index (κ1) is 16.0. The van der Waals surface area contributed by atoms with E-state index in [9.17, 15) is 4.79 Å². The first-order valence-corrected chi connectivity index (χ1v) is 7.80. The maximum Gasteiger partial charge on any atom is 0.248 e. The number of benzene rings is 1. The highest BCUT2D eigenvalue weighted by atomic mass is 16.1. The smallest absolute Gasteiger partial charge is 0.248 e. The minimum Gasteiger partial charge on any atom is -0.366 e. The van der Waals surface area contributed by atoms with Crippen LogP contribution >= 0.6 is 0 Å². The Kier molecular flexibility index (Phi) is 5.37. The molecule has 1 amide bonds. The normalized spacial score (nSPS) is 17.9. The van der Waals surface area contributed by atoms with E-state index < -0.39 is 0 Å². The minimum atomic E-state index is -0.372. The van der Waals surface area contributed by atoms with E-state index in [0.29, 0.717) is 11.1 Å². The number of hydrogen-bond donors (Lipinski definition) is 2. The first-order valence-electron chi connectivity index (χ1n) is 7.80. The molecule has 1 aliphatic carbocycles. The zero-order valence-electron chi connectivity index (χ0n) is 13.2. The third kappa shape index (κ3) is 4.05. The molecule has 4 nitrogen and oxygen atoms in total. The van der Waals surface area contributed by atoms with Crippen molar-refractivity contribution in [3.05, 3.63) is 35.4 Å². The summed E-state index contributed by atoms with van der Waals surface area (Å²) in [6, 6.07) is 7.52. The molecule has 1 fully saturated rings. The average Bonchev–Trinajstić information content (AvgIpc) is 2.48. The molecule has 116 valence electrons. The van der Waals surface area contributed by atoms with E-state index in [-0.39, 0.29) is 5.91 Å². The van der Waals surface area contributed by atoms with Crippen LogP contribution in [0.4, 0.5) is 0 Å². The average molecular weight is 289 g/mol. The van der Waals surface area contributed by atoms with E-state index in [1.165, 1.54) is 37.7 Å². The highest BCUT2D eigenvalue weighted by Gasteiger charge is 2.33. The molecular weight excluding hydrogens is 262 g/mol. The predicted octanol–water partition coefficient (Wildman–Crippen LogP) is 2.14. The predicted molar refractivity (Wildman–Crippen MR) is 86.2 cm³/mol. The number of carbonyl (C=O) groups is 1. The van der Waals surface area contributed by atoms with Crippen molar-refractivity contribution in [2.24, 2.45) is 5.73 Å². The number of carbonyl (C=O) groups excluding carboxylic acids is 1. The summed E-state index contributed by atoms with van der Waals surface area (Å²) in [5.41, 5.74) is 7.30. The fraction of sp³-hybridized carbons (Fsp3) is 0.588. The lowest BCUT2D eigenvalue weighted by molar-refractivity contribution is 0.0984. The van der Waals surface area contributed by atoms with Gasteiger partial charge in [-0.25, -0.2) is 0 Å². The zero-order chi connectivity index (χ0) is 15.3.